The molecule has 15 heavy (non-hydrogen) atoms. The Hall–Kier alpha value is -1.02. The number of hydrogen-bond acceptors (Lipinski definition) is 2. The lowest BCUT2D eigenvalue weighted by molar-refractivity contribution is 0.245. The fraction of sp³-hybridized carbons (Fsp3) is 0.538. The quantitative estimate of drug-likeness (QED) is 0.758. The number of phenolic OH excluding ortho intramolecular Hbond substituents is 1. The summed E-state index contributed by atoms with van der Waals surface area (Å²) in [4.78, 5) is 2.57. The van der Waals surface area contributed by atoms with Gasteiger partial charge in [-0.25, -0.2) is 0 Å². The van der Waals surface area contributed by atoms with E-state index in [4.69, 9.17) is 0 Å². The van der Waals surface area contributed by atoms with Crippen LogP contribution in [0.2, 0.25) is 0 Å². The zero-order valence-corrected chi connectivity index (χ0v) is 8.95. The molecule has 2 heteroatoms. The molecule has 1 fully saturated rings. The Balaban J connectivity index is 1.92. The lowest BCUT2D eigenvalue weighted by atomic mass is 10.1. The third-order valence-corrected chi connectivity index (χ3v) is 3.76. The van der Waals surface area contributed by atoms with Crippen molar-refractivity contribution in [2.75, 3.05) is 13.1 Å². The zero-order chi connectivity index (χ0) is 10.3. The molecule has 1 aromatic rings. The minimum absolute atomic E-state index is 0.417. The fourth-order valence-electron chi connectivity index (χ4n) is 3.00. The van der Waals surface area contributed by atoms with Gasteiger partial charge in [-0.15, -0.1) is 0 Å². The monoisotopic (exact) mass is 203 g/mol. The topological polar surface area (TPSA) is 23.5 Å². The van der Waals surface area contributed by atoms with Gasteiger partial charge in [0.05, 0.1) is 0 Å². The van der Waals surface area contributed by atoms with Crippen molar-refractivity contribution in [2.45, 2.75) is 31.7 Å². The van der Waals surface area contributed by atoms with Crippen molar-refractivity contribution in [3.8, 4) is 5.75 Å². The van der Waals surface area contributed by atoms with Gasteiger partial charge in [-0.2, -0.15) is 0 Å². The molecule has 1 aliphatic heterocycles. The van der Waals surface area contributed by atoms with Gasteiger partial charge in [0, 0.05) is 6.04 Å². The third kappa shape index (κ3) is 1.53. The van der Waals surface area contributed by atoms with Gasteiger partial charge in [0.25, 0.3) is 0 Å². The Kier molecular flexibility index (Phi) is 2.17. The number of nitrogens with zero attached hydrogens (tertiary/aromatic N) is 1. The van der Waals surface area contributed by atoms with E-state index in [-0.39, 0.29) is 0 Å². The van der Waals surface area contributed by atoms with Crippen molar-refractivity contribution >= 4 is 0 Å². The second-order valence-electron chi connectivity index (χ2n) is 4.68. The van der Waals surface area contributed by atoms with E-state index >= 15 is 0 Å². The SMILES string of the molecule is Oc1ccc2c(c1)C(N1CCCC1)CC2. The van der Waals surface area contributed by atoms with E-state index in [1.54, 1.807) is 0 Å². The van der Waals surface area contributed by atoms with Crippen LogP contribution >= 0.6 is 0 Å². The molecular weight excluding hydrogens is 186 g/mol. The number of likely N-dealkylation sites (tertiary alicyclic amines) is 1. The summed E-state index contributed by atoms with van der Waals surface area (Å²) < 4.78 is 0. The van der Waals surface area contributed by atoms with E-state index in [0.29, 0.717) is 11.8 Å². The van der Waals surface area contributed by atoms with E-state index in [0.717, 1.165) is 0 Å². The molecule has 1 unspecified atom stereocenters. The highest BCUT2D eigenvalue weighted by molar-refractivity contribution is 5.40. The van der Waals surface area contributed by atoms with Crippen molar-refractivity contribution in [1.82, 2.24) is 4.90 Å². The number of aromatic hydroxyl groups is 1. The van der Waals surface area contributed by atoms with Crippen molar-refractivity contribution < 1.29 is 5.11 Å². The standard InChI is InChI=1S/C13H17NO/c15-11-5-3-10-4-6-13(12(10)9-11)14-7-1-2-8-14/h3,5,9,13,15H,1-2,4,6-8H2. The van der Waals surface area contributed by atoms with Crippen LogP contribution in [0.1, 0.15) is 36.4 Å². The highest BCUT2D eigenvalue weighted by atomic mass is 16.3. The number of benzene rings is 1. The van der Waals surface area contributed by atoms with Crippen molar-refractivity contribution in [3.63, 3.8) is 0 Å². The maximum atomic E-state index is 9.54. The number of hydrogen-bond donors (Lipinski definition) is 1. The second kappa shape index (κ2) is 3.53. The van der Waals surface area contributed by atoms with E-state index in [1.165, 1.54) is 49.9 Å². The summed E-state index contributed by atoms with van der Waals surface area (Å²) >= 11 is 0. The summed E-state index contributed by atoms with van der Waals surface area (Å²) in [7, 11) is 0. The summed E-state index contributed by atoms with van der Waals surface area (Å²) in [5.74, 6) is 0.417. The average Bonchev–Trinajstić information content (AvgIpc) is 2.83. The van der Waals surface area contributed by atoms with Crippen molar-refractivity contribution in [2.24, 2.45) is 0 Å². The molecule has 1 aliphatic carbocycles. The lowest BCUT2D eigenvalue weighted by Gasteiger charge is -2.24. The lowest BCUT2D eigenvalue weighted by Crippen LogP contribution is -2.23. The van der Waals surface area contributed by atoms with Gasteiger partial charge < -0.3 is 5.11 Å². The number of aryl methyl sites for hydroxylation is 1. The minimum Gasteiger partial charge on any atom is -0.508 e. The first kappa shape index (κ1) is 9.22. The number of fused-ring (bicyclic) bond motifs is 1. The Morgan fingerprint density at radius 3 is 2.80 bits per heavy atom. The van der Waals surface area contributed by atoms with Crippen LogP contribution in [0.3, 0.4) is 0 Å². The number of phenols is 1. The van der Waals surface area contributed by atoms with Crippen LogP contribution in [-0.4, -0.2) is 23.1 Å². The average molecular weight is 203 g/mol. The first-order chi connectivity index (χ1) is 7.34. The molecule has 1 atom stereocenters. The molecule has 2 aliphatic rings. The Labute approximate surface area is 90.5 Å². The molecule has 1 saturated heterocycles. The number of rotatable bonds is 1. The Morgan fingerprint density at radius 2 is 2.00 bits per heavy atom. The maximum Gasteiger partial charge on any atom is 0.115 e. The minimum atomic E-state index is 0.417. The molecule has 0 aromatic heterocycles. The molecule has 0 amide bonds. The van der Waals surface area contributed by atoms with Gasteiger partial charge in [-0.3, -0.25) is 4.90 Å². The molecule has 2 nitrogen and oxygen atoms in total. The first-order valence-electron chi connectivity index (χ1n) is 5.90. The van der Waals surface area contributed by atoms with Gasteiger partial charge in [-0.1, -0.05) is 6.07 Å². The van der Waals surface area contributed by atoms with E-state index in [1.807, 2.05) is 12.1 Å². The van der Waals surface area contributed by atoms with Gasteiger partial charge in [-0.05, 0) is 62.0 Å². The third-order valence-electron chi connectivity index (χ3n) is 3.76. The normalized spacial score (nSPS) is 25.7. The van der Waals surface area contributed by atoms with Crippen LogP contribution in [0.5, 0.6) is 5.75 Å². The Bertz CT molecular complexity index is 369. The van der Waals surface area contributed by atoms with Crippen LogP contribution in [0.25, 0.3) is 0 Å². The van der Waals surface area contributed by atoms with Gasteiger partial charge in [0.1, 0.15) is 5.75 Å². The first-order valence-corrected chi connectivity index (χ1v) is 5.90. The molecule has 80 valence electrons. The molecule has 3 rings (SSSR count). The van der Waals surface area contributed by atoms with Crippen molar-refractivity contribution in [1.29, 1.82) is 0 Å². The van der Waals surface area contributed by atoms with E-state index in [9.17, 15) is 5.11 Å². The van der Waals surface area contributed by atoms with Crippen LogP contribution in [0.15, 0.2) is 18.2 Å². The Morgan fingerprint density at radius 1 is 1.20 bits per heavy atom. The maximum absolute atomic E-state index is 9.54. The molecule has 0 saturated carbocycles. The highest BCUT2D eigenvalue weighted by Crippen LogP contribution is 2.38. The van der Waals surface area contributed by atoms with Crippen LogP contribution in [-0.2, 0) is 6.42 Å². The summed E-state index contributed by atoms with van der Waals surface area (Å²) in [6.45, 7) is 2.47. The predicted octanol–water partition coefficient (Wildman–Crippen LogP) is 2.48. The molecule has 1 N–H and O–H groups in total. The smallest absolute Gasteiger partial charge is 0.115 e. The van der Waals surface area contributed by atoms with Crippen molar-refractivity contribution in [3.05, 3.63) is 29.3 Å². The van der Waals surface area contributed by atoms with Gasteiger partial charge in [0.15, 0.2) is 0 Å². The van der Waals surface area contributed by atoms with Crippen LogP contribution in [0, 0.1) is 0 Å². The molecule has 0 bridgehead atoms. The molecule has 0 radical (unpaired) electrons. The highest BCUT2D eigenvalue weighted by Gasteiger charge is 2.29. The summed E-state index contributed by atoms with van der Waals surface area (Å²) in [6, 6.07) is 6.44. The molecule has 0 spiro atoms. The summed E-state index contributed by atoms with van der Waals surface area (Å²) in [6.07, 6.45) is 5.09. The molecule has 1 heterocycles. The molecular formula is C13H17NO. The van der Waals surface area contributed by atoms with Crippen LogP contribution in [0.4, 0.5) is 0 Å². The van der Waals surface area contributed by atoms with Crippen LogP contribution < -0.4 is 0 Å². The fourth-order valence-corrected chi connectivity index (χ4v) is 3.00. The van der Waals surface area contributed by atoms with Gasteiger partial charge in [0.2, 0.25) is 0 Å². The summed E-state index contributed by atoms with van der Waals surface area (Å²) in [5.41, 5.74) is 2.81. The largest absolute Gasteiger partial charge is 0.508 e. The van der Waals surface area contributed by atoms with Gasteiger partial charge >= 0.3 is 0 Å². The zero-order valence-electron chi connectivity index (χ0n) is 8.95. The second-order valence-corrected chi connectivity index (χ2v) is 4.68. The van der Waals surface area contributed by atoms with E-state index in [2.05, 4.69) is 11.0 Å². The molecule has 1 aromatic carbocycles. The predicted molar refractivity (Wildman–Crippen MR) is 60.0 cm³/mol. The summed E-state index contributed by atoms with van der Waals surface area (Å²) in [5, 5.41) is 9.54. The van der Waals surface area contributed by atoms with E-state index < -0.39 is 0 Å².